The van der Waals surface area contributed by atoms with E-state index in [-0.39, 0.29) is 19.3 Å². The minimum atomic E-state index is -0.663. The summed E-state index contributed by atoms with van der Waals surface area (Å²) in [4.78, 5) is 4.03. The summed E-state index contributed by atoms with van der Waals surface area (Å²) in [6, 6.07) is 13.9. The Morgan fingerprint density at radius 3 is 2.60 bits per heavy atom. The zero-order valence-electron chi connectivity index (χ0n) is 12.4. The molecule has 2 aromatic carbocycles. The SMILES string of the molecule is C.Fc1ccc(C2(Cn3[nH]cnc3=S)OC2c2ccccc2Cl)cc1. The van der Waals surface area contributed by atoms with Crippen molar-refractivity contribution in [1.29, 1.82) is 0 Å². The van der Waals surface area contributed by atoms with Crippen LogP contribution in [0, 0.1) is 10.6 Å². The van der Waals surface area contributed by atoms with E-state index in [2.05, 4.69) is 10.1 Å². The Bertz CT molecular complexity index is 940. The van der Waals surface area contributed by atoms with Crippen molar-refractivity contribution in [3.05, 3.63) is 81.6 Å². The molecule has 0 bridgehead atoms. The maximum absolute atomic E-state index is 13.3. The van der Waals surface area contributed by atoms with E-state index in [0.29, 0.717) is 16.3 Å². The van der Waals surface area contributed by atoms with Crippen molar-refractivity contribution in [2.45, 2.75) is 25.7 Å². The summed E-state index contributed by atoms with van der Waals surface area (Å²) >= 11 is 11.5. The van der Waals surface area contributed by atoms with Crippen molar-refractivity contribution in [1.82, 2.24) is 14.8 Å². The quantitative estimate of drug-likeness (QED) is 0.512. The van der Waals surface area contributed by atoms with Crippen LogP contribution in [-0.2, 0) is 16.9 Å². The van der Waals surface area contributed by atoms with E-state index in [1.54, 1.807) is 16.8 Å². The number of hydrogen-bond acceptors (Lipinski definition) is 3. The van der Waals surface area contributed by atoms with Gasteiger partial charge in [-0.15, -0.1) is 0 Å². The summed E-state index contributed by atoms with van der Waals surface area (Å²) in [7, 11) is 0. The van der Waals surface area contributed by atoms with Crippen molar-refractivity contribution >= 4 is 23.8 Å². The number of aromatic amines is 1. The van der Waals surface area contributed by atoms with Crippen molar-refractivity contribution < 1.29 is 9.13 Å². The van der Waals surface area contributed by atoms with Gasteiger partial charge in [0.05, 0.1) is 6.54 Å². The van der Waals surface area contributed by atoms with E-state index < -0.39 is 5.60 Å². The molecular formula is C18H17ClFN3OS. The molecule has 1 N–H and O–H groups in total. The summed E-state index contributed by atoms with van der Waals surface area (Å²) in [5.41, 5.74) is 1.10. The fraction of sp³-hybridized carbons (Fsp3) is 0.222. The lowest BCUT2D eigenvalue weighted by Gasteiger charge is -2.15. The van der Waals surface area contributed by atoms with Gasteiger partial charge in [-0.05, 0) is 36.0 Å². The first-order valence-electron chi connectivity index (χ1n) is 7.39. The molecule has 0 radical (unpaired) electrons. The molecule has 0 saturated carbocycles. The fourth-order valence-electron chi connectivity index (χ4n) is 2.97. The predicted octanol–water partition coefficient (Wildman–Crippen LogP) is 5.04. The Morgan fingerprint density at radius 1 is 1.24 bits per heavy atom. The third-order valence-corrected chi connectivity index (χ3v) is 4.90. The molecule has 4 rings (SSSR count). The smallest absolute Gasteiger partial charge is 0.215 e. The van der Waals surface area contributed by atoms with Crippen molar-refractivity contribution in [2.24, 2.45) is 0 Å². The molecule has 1 aliphatic rings. The minimum Gasteiger partial charge on any atom is -0.354 e. The van der Waals surface area contributed by atoms with Crippen molar-refractivity contribution in [3.8, 4) is 0 Å². The van der Waals surface area contributed by atoms with E-state index in [9.17, 15) is 4.39 Å². The zero-order chi connectivity index (χ0) is 16.7. The second kappa shape index (κ2) is 6.71. The topological polar surface area (TPSA) is 46.1 Å². The molecule has 0 spiro atoms. The Kier molecular flexibility index (Phi) is 4.77. The predicted molar refractivity (Wildman–Crippen MR) is 97.5 cm³/mol. The Balaban J connectivity index is 0.00000182. The number of benzene rings is 2. The Labute approximate surface area is 155 Å². The van der Waals surface area contributed by atoms with Gasteiger partial charge in [0.15, 0.2) is 0 Å². The molecule has 0 aliphatic carbocycles. The first-order chi connectivity index (χ1) is 11.6. The molecule has 3 aromatic rings. The van der Waals surface area contributed by atoms with Gasteiger partial charge in [-0.2, -0.15) is 0 Å². The summed E-state index contributed by atoms with van der Waals surface area (Å²) in [5, 5.41) is 3.62. The third kappa shape index (κ3) is 3.13. The highest BCUT2D eigenvalue weighted by Crippen LogP contribution is 2.59. The van der Waals surface area contributed by atoms with E-state index in [4.69, 9.17) is 28.6 Å². The van der Waals surface area contributed by atoms with Crippen LogP contribution in [0.25, 0.3) is 0 Å². The molecule has 4 nitrogen and oxygen atoms in total. The van der Waals surface area contributed by atoms with Crippen LogP contribution in [0.3, 0.4) is 0 Å². The lowest BCUT2D eigenvalue weighted by Crippen LogP contribution is -2.20. The highest BCUT2D eigenvalue weighted by molar-refractivity contribution is 7.71. The summed E-state index contributed by atoms with van der Waals surface area (Å²) < 4.78 is 21.6. The highest BCUT2D eigenvalue weighted by Gasteiger charge is 2.59. The van der Waals surface area contributed by atoms with Crippen LogP contribution in [0.15, 0.2) is 54.9 Å². The van der Waals surface area contributed by atoms with Crippen LogP contribution in [0.2, 0.25) is 5.02 Å². The maximum Gasteiger partial charge on any atom is 0.215 e. The molecular weight excluding hydrogens is 361 g/mol. The van der Waals surface area contributed by atoms with E-state index in [0.717, 1.165) is 11.1 Å². The van der Waals surface area contributed by atoms with Gasteiger partial charge >= 0.3 is 0 Å². The largest absolute Gasteiger partial charge is 0.354 e. The number of halogens is 2. The van der Waals surface area contributed by atoms with Crippen molar-refractivity contribution in [2.75, 3.05) is 0 Å². The van der Waals surface area contributed by atoms with E-state index in [1.807, 2.05) is 24.3 Å². The lowest BCUT2D eigenvalue weighted by molar-refractivity contribution is 0.261. The molecule has 1 fully saturated rings. The van der Waals surface area contributed by atoms with Gasteiger partial charge in [-0.1, -0.05) is 49.4 Å². The first kappa shape index (κ1) is 17.8. The fourth-order valence-corrected chi connectivity index (χ4v) is 3.37. The van der Waals surface area contributed by atoms with Crippen LogP contribution < -0.4 is 0 Å². The average Bonchev–Trinajstić information content (AvgIpc) is 3.16. The number of aromatic nitrogens is 3. The number of epoxide rings is 1. The van der Waals surface area contributed by atoms with Crippen LogP contribution in [0.4, 0.5) is 4.39 Å². The Morgan fingerprint density at radius 2 is 1.96 bits per heavy atom. The second-order valence-electron chi connectivity index (χ2n) is 5.67. The summed E-state index contributed by atoms with van der Waals surface area (Å²) in [6.07, 6.45) is 1.30. The summed E-state index contributed by atoms with van der Waals surface area (Å²) in [6.45, 7) is 0.438. The number of rotatable bonds is 4. The highest BCUT2D eigenvalue weighted by atomic mass is 35.5. The van der Waals surface area contributed by atoms with Gasteiger partial charge in [0.1, 0.15) is 23.8 Å². The molecule has 2 heterocycles. The summed E-state index contributed by atoms with van der Waals surface area (Å²) in [5.74, 6) is -0.290. The number of hydrogen-bond donors (Lipinski definition) is 1. The lowest BCUT2D eigenvalue weighted by atomic mass is 9.91. The minimum absolute atomic E-state index is 0. The normalized spacial score (nSPS) is 21.6. The van der Waals surface area contributed by atoms with Crippen LogP contribution >= 0.6 is 23.8 Å². The maximum atomic E-state index is 13.3. The number of nitrogens with one attached hydrogen (secondary N) is 1. The molecule has 7 heteroatoms. The van der Waals surface area contributed by atoms with Gasteiger partial charge in [0.2, 0.25) is 4.77 Å². The van der Waals surface area contributed by atoms with Gasteiger partial charge in [-0.3, -0.25) is 9.78 Å². The molecule has 1 aromatic heterocycles. The molecule has 130 valence electrons. The standard InChI is InChI=1S/C17H13ClFN3OS.CH4/c18-14-4-2-1-3-13(14)15-17(23-15,9-22-16(24)20-10-21-22)11-5-7-12(19)8-6-11;/h1-8,10,15H,9H2,(H,20,21,24);1H4. The zero-order valence-corrected chi connectivity index (χ0v) is 14.0. The van der Waals surface area contributed by atoms with Gasteiger partial charge in [0.25, 0.3) is 0 Å². The number of nitrogens with zero attached hydrogens (tertiary/aromatic N) is 2. The average molecular weight is 378 g/mol. The van der Waals surface area contributed by atoms with Gasteiger partial charge in [0, 0.05) is 10.6 Å². The van der Waals surface area contributed by atoms with Crippen molar-refractivity contribution in [3.63, 3.8) is 0 Å². The van der Waals surface area contributed by atoms with E-state index >= 15 is 0 Å². The first-order valence-corrected chi connectivity index (χ1v) is 8.17. The van der Waals surface area contributed by atoms with Gasteiger partial charge < -0.3 is 4.74 Å². The molecule has 0 amide bonds. The molecule has 2 atom stereocenters. The monoisotopic (exact) mass is 377 g/mol. The number of ether oxygens (including phenoxy) is 1. The molecule has 2 unspecified atom stereocenters. The Hall–Kier alpha value is -2.02. The van der Waals surface area contributed by atoms with Crippen LogP contribution in [0.1, 0.15) is 24.7 Å². The van der Waals surface area contributed by atoms with Crippen LogP contribution in [-0.4, -0.2) is 14.8 Å². The molecule has 25 heavy (non-hydrogen) atoms. The molecule has 1 aliphatic heterocycles. The molecule has 1 saturated heterocycles. The second-order valence-corrected chi connectivity index (χ2v) is 6.44. The van der Waals surface area contributed by atoms with Gasteiger partial charge in [-0.25, -0.2) is 9.37 Å². The third-order valence-electron chi connectivity index (χ3n) is 4.23. The van der Waals surface area contributed by atoms with Crippen LogP contribution in [0.5, 0.6) is 0 Å². The van der Waals surface area contributed by atoms with E-state index in [1.165, 1.54) is 18.5 Å². The number of H-pyrrole nitrogens is 1.